The lowest BCUT2D eigenvalue weighted by Crippen LogP contribution is -2.00. The minimum absolute atomic E-state index is 0.350. The van der Waals surface area contributed by atoms with Crippen LogP contribution in [0.1, 0.15) is 28.1 Å². The maximum Gasteiger partial charge on any atom is 0.336 e. The Kier molecular flexibility index (Phi) is 4.81. The van der Waals surface area contributed by atoms with Gasteiger partial charge in [0.2, 0.25) is 5.89 Å². The van der Waals surface area contributed by atoms with Gasteiger partial charge in [0, 0.05) is 17.2 Å². The highest BCUT2D eigenvalue weighted by Gasteiger charge is 2.12. The van der Waals surface area contributed by atoms with E-state index < -0.39 is 0 Å². The smallest absolute Gasteiger partial charge is 0.336 e. The molecule has 4 rings (SSSR count). The molecule has 0 atom stereocenters. The van der Waals surface area contributed by atoms with Gasteiger partial charge in [-0.3, -0.25) is 0 Å². The lowest BCUT2D eigenvalue weighted by atomic mass is 10.0. The summed E-state index contributed by atoms with van der Waals surface area (Å²) in [4.78, 5) is 11.9. The third kappa shape index (κ3) is 3.95. The predicted octanol–water partition coefficient (Wildman–Crippen LogP) is 4.68. The number of rotatable bonds is 5. The van der Waals surface area contributed by atoms with Crippen LogP contribution >= 0.6 is 11.8 Å². The van der Waals surface area contributed by atoms with E-state index in [9.17, 15) is 4.79 Å². The van der Waals surface area contributed by atoms with Crippen LogP contribution in [0.3, 0.4) is 0 Å². The van der Waals surface area contributed by atoms with E-state index in [1.807, 2.05) is 50.2 Å². The molecule has 0 amide bonds. The van der Waals surface area contributed by atoms with Gasteiger partial charge in [-0.2, -0.15) is 0 Å². The fourth-order valence-corrected chi connectivity index (χ4v) is 3.65. The molecular weight excluding hydrogens is 360 g/mol. The third-order valence-electron chi connectivity index (χ3n) is 4.44. The molecule has 2 aromatic heterocycles. The summed E-state index contributed by atoms with van der Waals surface area (Å²) in [5.74, 6) is 1.13. The molecule has 0 aliphatic rings. The van der Waals surface area contributed by atoms with Crippen molar-refractivity contribution in [3.63, 3.8) is 0 Å². The number of thioether (sulfide) groups is 1. The highest BCUT2D eigenvalue weighted by atomic mass is 32.2. The first-order valence-corrected chi connectivity index (χ1v) is 9.60. The van der Waals surface area contributed by atoms with Crippen molar-refractivity contribution >= 4 is 22.7 Å². The van der Waals surface area contributed by atoms with E-state index in [0.717, 1.165) is 27.6 Å². The molecule has 0 bridgehead atoms. The SMILES string of the molecule is Cc1cc2oc(=O)cc(CSc3nnc(Cc4ccccc4)o3)c2cc1C. The van der Waals surface area contributed by atoms with Crippen LogP contribution in [0, 0.1) is 13.8 Å². The largest absolute Gasteiger partial charge is 0.423 e. The van der Waals surface area contributed by atoms with Crippen LogP contribution in [0.15, 0.2) is 67.4 Å². The summed E-state index contributed by atoms with van der Waals surface area (Å²) >= 11 is 1.42. The minimum Gasteiger partial charge on any atom is -0.423 e. The molecule has 0 N–H and O–H groups in total. The number of aryl methyl sites for hydroxylation is 2. The van der Waals surface area contributed by atoms with E-state index >= 15 is 0 Å². The Morgan fingerprint density at radius 3 is 2.56 bits per heavy atom. The van der Waals surface area contributed by atoms with E-state index in [-0.39, 0.29) is 5.63 Å². The first-order chi connectivity index (χ1) is 13.1. The van der Waals surface area contributed by atoms with E-state index in [1.54, 1.807) is 0 Å². The van der Waals surface area contributed by atoms with Gasteiger partial charge >= 0.3 is 5.63 Å². The van der Waals surface area contributed by atoms with E-state index in [2.05, 4.69) is 16.3 Å². The molecule has 0 aliphatic heterocycles. The van der Waals surface area contributed by atoms with E-state index in [0.29, 0.717) is 28.9 Å². The van der Waals surface area contributed by atoms with Gasteiger partial charge in [-0.25, -0.2) is 4.79 Å². The number of nitrogens with zero attached hydrogens (tertiary/aromatic N) is 2. The van der Waals surface area contributed by atoms with E-state index in [1.165, 1.54) is 17.8 Å². The molecule has 0 aliphatic carbocycles. The molecule has 0 unspecified atom stereocenters. The normalized spacial score (nSPS) is 11.2. The maximum absolute atomic E-state index is 11.9. The van der Waals surface area contributed by atoms with Crippen LogP contribution in [0.25, 0.3) is 11.0 Å². The number of hydrogen-bond donors (Lipinski definition) is 0. The summed E-state index contributed by atoms with van der Waals surface area (Å²) < 4.78 is 11.1. The molecule has 136 valence electrons. The Hall–Kier alpha value is -2.86. The lowest BCUT2D eigenvalue weighted by molar-refractivity contribution is 0.420. The van der Waals surface area contributed by atoms with Crippen LogP contribution in [0.2, 0.25) is 0 Å². The van der Waals surface area contributed by atoms with Crippen molar-refractivity contribution < 1.29 is 8.83 Å². The second kappa shape index (κ2) is 7.40. The quantitative estimate of drug-likeness (QED) is 0.371. The average molecular weight is 378 g/mol. The molecule has 2 aromatic carbocycles. The molecule has 5 nitrogen and oxygen atoms in total. The van der Waals surface area contributed by atoms with E-state index in [4.69, 9.17) is 8.83 Å². The van der Waals surface area contributed by atoms with Gasteiger partial charge < -0.3 is 8.83 Å². The molecule has 0 spiro atoms. The topological polar surface area (TPSA) is 69.1 Å². The number of fused-ring (bicyclic) bond motifs is 1. The van der Waals surface area contributed by atoms with Crippen LogP contribution in [0.5, 0.6) is 0 Å². The standard InChI is InChI=1S/C21H18N2O3S/c1-13-8-17-16(11-20(24)25-18(17)9-14(13)2)12-27-21-23-22-19(26-21)10-15-6-4-3-5-7-15/h3-9,11H,10,12H2,1-2H3. The Morgan fingerprint density at radius 2 is 1.74 bits per heavy atom. The van der Waals surface area contributed by atoms with Crippen molar-refractivity contribution in [3.8, 4) is 0 Å². The summed E-state index contributed by atoms with van der Waals surface area (Å²) in [6.07, 6.45) is 0.602. The minimum atomic E-state index is -0.350. The summed E-state index contributed by atoms with van der Waals surface area (Å²) in [5, 5.41) is 9.65. The number of hydrogen-bond acceptors (Lipinski definition) is 6. The second-order valence-electron chi connectivity index (χ2n) is 6.44. The van der Waals surface area contributed by atoms with Gasteiger partial charge in [-0.15, -0.1) is 10.2 Å². The van der Waals surface area contributed by atoms with Crippen LogP contribution in [0.4, 0.5) is 0 Å². The molecule has 0 radical (unpaired) electrons. The zero-order chi connectivity index (χ0) is 18.8. The average Bonchev–Trinajstić information content (AvgIpc) is 3.09. The van der Waals surface area contributed by atoms with Crippen molar-refractivity contribution in [2.24, 2.45) is 0 Å². The van der Waals surface area contributed by atoms with Crippen LogP contribution < -0.4 is 5.63 Å². The van der Waals surface area contributed by atoms with Crippen molar-refractivity contribution in [2.45, 2.75) is 31.2 Å². The summed E-state index contributed by atoms with van der Waals surface area (Å²) in [5.41, 5.74) is 4.53. The van der Waals surface area contributed by atoms with Crippen LogP contribution in [-0.2, 0) is 12.2 Å². The van der Waals surface area contributed by atoms with Gasteiger partial charge in [-0.05, 0) is 48.2 Å². The van der Waals surface area contributed by atoms with Crippen molar-refractivity contribution in [1.29, 1.82) is 0 Å². The highest BCUT2D eigenvalue weighted by Crippen LogP contribution is 2.27. The zero-order valence-electron chi connectivity index (χ0n) is 15.1. The molecule has 27 heavy (non-hydrogen) atoms. The first kappa shape index (κ1) is 17.5. The van der Waals surface area contributed by atoms with Crippen molar-refractivity contribution in [2.75, 3.05) is 0 Å². The maximum atomic E-state index is 11.9. The van der Waals surface area contributed by atoms with Gasteiger partial charge in [-0.1, -0.05) is 42.1 Å². The fourth-order valence-electron chi connectivity index (χ4n) is 2.88. The van der Waals surface area contributed by atoms with Crippen molar-refractivity contribution in [1.82, 2.24) is 10.2 Å². The summed E-state index contributed by atoms with van der Waals surface area (Å²) in [7, 11) is 0. The Morgan fingerprint density at radius 1 is 0.963 bits per heavy atom. The second-order valence-corrected chi connectivity index (χ2v) is 7.36. The molecular formula is C21H18N2O3S. The third-order valence-corrected chi connectivity index (χ3v) is 5.31. The first-order valence-electron chi connectivity index (χ1n) is 8.61. The highest BCUT2D eigenvalue weighted by molar-refractivity contribution is 7.98. The molecule has 6 heteroatoms. The summed E-state index contributed by atoms with van der Waals surface area (Å²) in [6, 6.07) is 15.5. The van der Waals surface area contributed by atoms with Crippen LogP contribution in [-0.4, -0.2) is 10.2 Å². The molecule has 0 saturated heterocycles. The summed E-state index contributed by atoms with van der Waals surface area (Å²) in [6.45, 7) is 4.05. The van der Waals surface area contributed by atoms with Gasteiger partial charge in [0.15, 0.2) is 0 Å². The molecule has 0 saturated carbocycles. The number of aromatic nitrogens is 2. The zero-order valence-corrected chi connectivity index (χ0v) is 15.9. The van der Waals surface area contributed by atoms with Gasteiger partial charge in [0.05, 0.1) is 6.42 Å². The number of benzene rings is 2. The lowest BCUT2D eigenvalue weighted by Gasteiger charge is -2.07. The van der Waals surface area contributed by atoms with Gasteiger partial charge in [0.1, 0.15) is 5.58 Å². The molecule has 4 aromatic rings. The Bertz CT molecular complexity index is 1150. The molecule has 2 heterocycles. The fraction of sp³-hybridized carbons (Fsp3) is 0.190. The monoisotopic (exact) mass is 378 g/mol. The van der Waals surface area contributed by atoms with Gasteiger partial charge in [0.25, 0.3) is 5.22 Å². The molecule has 0 fully saturated rings. The van der Waals surface area contributed by atoms with Crippen molar-refractivity contribution in [3.05, 3.63) is 87.1 Å². The Labute approximate surface area is 160 Å². The Balaban J connectivity index is 1.54. The predicted molar refractivity (Wildman–Crippen MR) is 105 cm³/mol.